The third kappa shape index (κ3) is 5.99. The van der Waals surface area contributed by atoms with Crippen LogP contribution < -0.4 is 15.8 Å². The number of hydrogen-bond donors (Lipinski definition) is 2. The summed E-state index contributed by atoms with van der Waals surface area (Å²) in [7, 11) is 1.47. The second-order valence-electron chi connectivity index (χ2n) is 5.77. The van der Waals surface area contributed by atoms with E-state index in [4.69, 9.17) is 15.2 Å². The van der Waals surface area contributed by atoms with Crippen molar-refractivity contribution in [3.8, 4) is 5.75 Å². The minimum atomic E-state index is -0.567. The number of carbonyl (C=O) groups is 1. The maximum absolute atomic E-state index is 13.8. The number of ether oxygens (including phenoxy) is 2. The van der Waals surface area contributed by atoms with Gasteiger partial charge in [-0.25, -0.2) is 9.18 Å². The van der Waals surface area contributed by atoms with Gasteiger partial charge in [-0.1, -0.05) is 6.07 Å². The Morgan fingerprint density at radius 3 is 2.67 bits per heavy atom. The molecule has 5 nitrogen and oxygen atoms in total. The van der Waals surface area contributed by atoms with E-state index in [0.29, 0.717) is 11.3 Å². The summed E-state index contributed by atoms with van der Waals surface area (Å²) in [6, 6.07) is 4.16. The monoisotopic (exact) mass is 298 g/mol. The van der Waals surface area contributed by atoms with Crippen molar-refractivity contribution < 1.29 is 18.7 Å². The van der Waals surface area contributed by atoms with E-state index in [9.17, 15) is 9.18 Å². The number of nitrogens with one attached hydrogen (secondary N) is 1. The Bertz CT molecular complexity index is 486. The third-order valence-electron chi connectivity index (χ3n) is 2.67. The summed E-state index contributed by atoms with van der Waals surface area (Å²) in [6.07, 6.45) is -0.288. The highest BCUT2D eigenvalue weighted by atomic mass is 19.1. The lowest BCUT2D eigenvalue weighted by molar-refractivity contribution is 0.0524. The Morgan fingerprint density at radius 2 is 2.10 bits per heavy atom. The van der Waals surface area contributed by atoms with E-state index in [2.05, 4.69) is 5.32 Å². The molecule has 1 rings (SSSR count). The molecule has 0 aromatic heterocycles. The number of carbonyl (C=O) groups excluding carboxylic acids is 1. The summed E-state index contributed by atoms with van der Waals surface area (Å²) < 4.78 is 24.0. The van der Waals surface area contributed by atoms with Crippen molar-refractivity contribution in [2.45, 2.75) is 38.8 Å². The average molecular weight is 298 g/mol. The zero-order chi connectivity index (χ0) is 16.0. The summed E-state index contributed by atoms with van der Waals surface area (Å²) in [5.74, 6) is 0.0739. The first-order valence-electron chi connectivity index (χ1n) is 6.76. The molecule has 21 heavy (non-hydrogen) atoms. The molecule has 118 valence electrons. The van der Waals surface area contributed by atoms with Crippen LogP contribution in [0.5, 0.6) is 5.75 Å². The molecule has 1 unspecified atom stereocenters. The van der Waals surface area contributed by atoms with Crippen LogP contribution in [0.3, 0.4) is 0 Å². The summed E-state index contributed by atoms with van der Waals surface area (Å²) in [5.41, 5.74) is 5.75. The molecule has 3 N–H and O–H groups in total. The lowest BCUT2D eigenvalue weighted by atomic mass is 10.0. The van der Waals surface area contributed by atoms with E-state index in [-0.39, 0.29) is 18.8 Å². The molecule has 0 saturated carbocycles. The van der Waals surface area contributed by atoms with Crippen LogP contribution in [0.1, 0.15) is 26.3 Å². The molecule has 0 spiro atoms. The SMILES string of the molecule is COc1cccc(F)c1CC(N)CNC(=O)OC(C)(C)C. The quantitative estimate of drug-likeness (QED) is 0.874. The Hall–Kier alpha value is -1.82. The number of rotatable bonds is 5. The van der Waals surface area contributed by atoms with Gasteiger partial charge in [0.2, 0.25) is 0 Å². The highest BCUT2D eigenvalue weighted by Gasteiger charge is 2.18. The van der Waals surface area contributed by atoms with Gasteiger partial charge >= 0.3 is 6.09 Å². The predicted molar refractivity (Wildman–Crippen MR) is 78.9 cm³/mol. The molecule has 1 amide bonds. The van der Waals surface area contributed by atoms with Crippen molar-refractivity contribution in [1.29, 1.82) is 0 Å². The maximum atomic E-state index is 13.8. The van der Waals surface area contributed by atoms with Gasteiger partial charge in [0, 0.05) is 18.2 Å². The smallest absolute Gasteiger partial charge is 0.407 e. The first-order chi connectivity index (χ1) is 9.73. The average Bonchev–Trinajstić information content (AvgIpc) is 2.37. The van der Waals surface area contributed by atoms with Gasteiger partial charge in [-0.05, 0) is 39.3 Å². The van der Waals surface area contributed by atoms with Crippen LogP contribution in [-0.2, 0) is 11.2 Å². The van der Waals surface area contributed by atoms with Gasteiger partial charge in [0.1, 0.15) is 17.2 Å². The van der Waals surface area contributed by atoms with Crippen molar-refractivity contribution in [3.05, 3.63) is 29.6 Å². The van der Waals surface area contributed by atoms with Gasteiger partial charge in [-0.3, -0.25) is 0 Å². The fourth-order valence-corrected chi connectivity index (χ4v) is 1.79. The van der Waals surface area contributed by atoms with E-state index in [0.717, 1.165) is 0 Å². The lowest BCUT2D eigenvalue weighted by Gasteiger charge is -2.21. The molecule has 6 heteroatoms. The van der Waals surface area contributed by atoms with Crippen molar-refractivity contribution in [3.63, 3.8) is 0 Å². The number of halogens is 1. The molecule has 0 saturated heterocycles. The number of methoxy groups -OCH3 is 1. The summed E-state index contributed by atoms with van der Waals surface area (Å²) >= 11 is 0. The summed E-state index contributed by atoms with van der Waals surface area (Å²) in [6.45, 7) is 5.51. The third-order valence-corrected chi connectivity index (χ3v) is 2.67. The van der Waals surface area contributed by atoms with E-state index in [1.54, 1.807) is 32.9 Å². The number of benzene rings is 1. The molecule has 1 aromatic carbocycles. The van der Waals surface area contributed by atoms with E-state index >= 15 is 0 Å². The van der Waals surface area contributed by atoms with Gasteiger partial charge in [-0.2, -0.15) is 0 Å². The van der Waals surface area contributed by atoms with Crippen LogP contribution in [0.4, 0.5) is 9.18 Å². The van der Waals surface area contributed by atoms with Crippen LogP contribution in [0.25, 0.3) is 0 Å². The van der Waals surface area contributed by atoms with Gasteiger partial charge in [0.05, 0.1) is 7.11 Å². The topological polar surface area (TPSA) is 73.6 Å². The van der Waals surface area contributed by atoms with Crippen molar-refractivity contribution >= 4 is 6.09 Å². The number of hydrogen-bond acceptors (Lipinski definition) is 4. The first kappa shape index (κ1) is 17.2. The highest BCUT2D eigenvalue weighted by molar-refractivity contribution is 5.67. The Labute approximate surface area is 124 Å². The minimum Gasteiger partial charge on any atom is -0.496 e. The van der Waals surface area contributed by atoms with Crippen LogP contribution >= 0.6 is 0 Å². The molecule has 0 radical (unpaired) electrons. The number of alkyl carbamates (subject to hydrolysis) is 1. The molecule has 0 aliphatic carbocycles. The molecular formula is C15H23FN2O3. The second kappa shape index (κ2) is 7.26. The van der Waals surface area contributed by atoms with Gasteiger partial charge < -0.3 is 20.5 Å². The Morgan fingerprint density at radius 1 is 1.43 bits per heavy atom. The Balaban J connectivity index is 2.55. The predicted octanol–water partition coefficient (Wildman–Crippen LogP) is 2.23. The molecular weight excluding hydrogens is 275 g/mol. The zero-order valence-electron chi connectivity index (χ0n) is 12.9. The van der Waals surface area contributed by atoms with Gasteiger partial charge in [0.25, 0.3) is 0 Å². The maximum Gasteiger partial charge on any atom is 0.407 e. The standard InChI is InChI=1S/C15H23FN2O3/c1-15(2,3)21-14(19)18-9-10(17)8-11-12(16)6-5-7-13(11)20-4/h5-7,10H,8-9,17H2,1-4H3,(H,18,19). The fraction of sp³-hybridized carbons (Fsp3) is 0.533. The molecule has 1 atom stereocenters. The van der Waals surface area contributed by atoms with Crippen molar-refractivity contribution in [2.24, 2.45) is 5.73 Å². The normalized spacial score (nSPS) is 12.7. The molecule has 0 heterocycles. The van der Waals surface area contributed by atoms with Gasteiger partial charge in [0.15, 0.2) is 0 Å². The molecule has 0 aliphatic rings. The van der Waals surface area contributed by atoms with E-state index in [1.807, 2.05) is 0 Å². The van der Waals surface area contributed by atoms with E-state index in [1.165, 1.54) is 13.2 Å². The fourth-order valence-electron chi connectivity index (χ4n) is 1.79. The summed E-state index contributed by atoms with van der Waals surface area (Å²) in [5, 5.41) is 2.57. The number of nitrogens with two attached hydrogens (primary N) is 1. The molecule has 0 aliphatic heterocycles. The lowest BCUT2D eigenvalue weighted by Crippen LogP contribution is -2.41. The van der Waals surface area contributed by atoms with Crippen LogP contribution in [0.15, 0.2) is 18.2 Å². The molecule has 0 fully saturated rings. The van der Waals surface area contributed by atoms with Crippen LogP contribution in [0, 0.1) is 5.82 Å². The Kier molecular flexibility index (Phi) is 5.96. The minimum absolute atomic E-state index is 0.187. The first-order valence-corrected chi connectivity index (χ1v) is 6.76. The summed E-state index contributed by atoms with van der Waals surface area (Å²) in [4.78, 5) is 11.5. The largest absolute Gasteiger partial charge is 0.496 e. The zero-order valence-corrected chi connectivity index (χ0v) is 12.9. The number of amides is 1. The molecule has 1 aromatic rings. The highest BCUT2D eigenvalue weighted by Crippen LogP contribution is 2.22. The second-order valence-corrected chi connectivity index (χ2v) is 5.77. The van der Waals surface area contributed by atoms with Crippen molar-refractivity contribution in [1.82, 2.24) is 5.32 Å². The van der Waals surface area contributed by atoms with Gasteiger partial charge in [-0.15, -0.1) is 0 Å². The molecule has 0 bridgehead atoms. The van der Waals surface area contributed by atoms with E-state index < -0.39 is 17.7 Å². The van der Waals surface area contributed by atoms with Crippen molar-refractivity contribution in [2.75, 3.05) is 13.7 Å². The van der Waals surface area contributed by atoms with Crippen LogP contribution in [0.2, 0.25) is 0 Å². The van der Waals surface area contributed by atoms with Crippen LogP contribution in [-0.4, -0.2) is 31.4 Å².